The summed E-state index contributed by atoms with van der Waals surface area (Å²) in [7, 11) is 0. The molecular weight excluding hydrogens is 263 g/mol. The molecule has 1 aromatic rings. The van der Waals surface area contributed by atoms with Gasteiger partial charge in [-0.1, -0.05) is 20.8 Å². The zero-order valence-electron chi connectivity index (χ0n) is 10.3. The number of benzene rings is 1. The second kappa shape index (κ2) is 5.22. The maximum atomic E-state index is 12.1. The van der Waals surface area contributed by atoms with E-state index in [-0.39, 0.29) is 22.6 Å². The van der Waals surface area contributed by atoms with E-state index in [1.54, 1.807) is 20.8 Å². The Labute approximate surface area is 108 Å². The number of amides is 1. The number of anilines is 1. The van der Waals surface area contributed by atoms with Gasteiger partial charge in [-0.05, 0) is 36.0 Å². The smallest absolute Gasteiger partial charge is 0.326 e. The summed E-state index contributed by atoms with van der Waals surface area (Å²) in [4.78, 5) is 11.7. The highest BCUT2D eigenvalue weighted by Crippen LogP contribution is 2.37. The maximum Gasteiger partial charge on any atom is 0.446 e. The van der Waals surface area contributed by atoms with E-state index in [4.69, 9.17) is 0 Å². The summed E-state index contributed by atoms with van der Waals surface area (Å²) in [6.45, 7) is 5.28. The van der Waals surface area contributed by atoms with Gasteiger partial charge >= 0.3 is 5.51 Å². The number of rotatable bonds is 2. The van der Waals surface area contributed by atoms with E-state index >= 15 is 0 Å². The topological polar surface area (TPSA) is 29.1 Å². The Bertz CT molecular complexity index is 420. The SMILES string of the molecule is CC(C)(C)C(=O)Nc1ccc(SC(F)(F)F)cc1. The minimum atomic E-state index is -4.30. The van der Waals surface area contributed by atoms with Crippen LogP contribution in [0.25, 0.3) is 0 Å². The summed E-state index contributed by atoms with van der Waals surface area (Å²) in [5.74, 6) is -0.182. The fourth-order valence-electron chi connectivity index (χ4n) is 1.06. The third-order valence-electron chi connectivity index (χ3n) is 2.03. The number of thioether (sulfide) groups is 1. The fourth-order valence-corrected chi connectivity index (χ4v) is 1.60. The summed E-state index contributed by atoms with van der Waals surface area (Å²) < 4.78 is 36.3. The zero-order valence-corrected chi connectivity index (χ0v) is 11.1. The van der Waals surface area contributed by atoms with Crippen molar-refractivity contribution in [2.24, 2.45) is 5.41 Å². The van der Waals surface area contributed by atoms with E-state index in [2.05, 4.69) is 5.32 Å². The highest BCUT2D eigenvalue weighted by Gasteiger charge is 2.29. The van der Waals surface area contributed by atoms with Crippen LogP contribution in [0.15, 0.2) is 29.2 Å². The molecule has 1 amide bonds. The number of alkyl halides is 3. The van der Waals surface area contributed by atoms with Gasteiger partial charge in [0.1, 0.15) is 0 Å². The van der Waals surface area contributed by atoms with Gasteiger partial charge in [0.2, 0.25) is 5.91 Å². The second-order valence-electron chi connectivity index (χ2n) is 4.78. The molecule has 0 aromatic heterocycles. The van der Waals surface area contributed by atoms with Crippen molar-refractivity contribution in [3.05, 3.63) is 24.3 Å². The Morgan fingerprint density at radius 3 is 2.00 bits per heavy atom. The summed E-state index contributed by atoms with van der Waals surface area (Å²) in [5.41, 5.74) is -4.35. The molecule has 0 saturated heterocycles. The fraction of sp³-hybridized carbons (Fsp3) is 0.417. The Kier molecular flexibility index (Phi) is 4.32. The predicted molar refractivity (Wildman–Crippen MR) is 66.4 cm³/mol. The van der Waals surface area contributed by atoms with Gasteiger partial charge in [-0.15, -0.1) is 0 Å². The summed E-state index contributed by atoms with van der Waals surface area (Å²) in [6.07, 6.45) is 0. The van der Waals surface area contributed by atoms with Gasteiger partial charge in [-0.2, -0.15) is 13.2 Å². The summed E-state index contributed by atoms with van der Waals surface area (Å²) in [5, 5.41) is 2.64. The average Bonchev–Trinajstić information content (AvgIpc) is 2.17. The van der Waals surface area contributed by atoms with Gasteiger partial charge in [-0.25, -0.2) is 0 Å². The lowest BCUT2D eigenvalue weighted by atomic mass is 9.95. The molecule has 0 radical (unpaired) electrons. The lowest BCUT2D eigenvalue weighted by molar-refractivity contribution is -0.123. The van der Waals surface area contributed by atoms with Crippen molar-refractivity contribution in [3.63, 3.8) is 0 Å². The number of hydrogen-bond donors (Lipinski definition) is 1. The number of carbonyl (C=O) groups excluding carboxylic acids is 1. The first-order valence-electron chi connectivity index (χ1n) is 5.25. The molecule has 6 heteroatoms. The van der Waals surface area contributed by atoms with E-state index in [1.165, 1.54) is 24.3 Å². The van der Waals surface area contributed by atoms with Crippen LogP contribution in [0.2, 0.25) is 0 Å². The van der Waals surface area contributed by atoms with Crippen molar-refractivity contribution in [2.75, 3.05) is 5.32 Å². The molecule has 0 spiro atoms. The molecule has 0 heterocycles. The lowest BCUT2D eigenvalue weighted by Crippen LogP contribution is -2.27. The van der Waals surface area contributed by atoms with Crippen LogP contribution in [0.1, 0.15) is 20.8 Å². The molecule has 0 fully saturated rings. The summed E-state index contributed by atoms with van der Waals surface area (Å²) in [6, 6.07) is 5.57. The Morgan fingerprint density at radius 1 is 1.11 bits per heavy atom. The lowest BCUT2D eigenvalue weighted by Gasteiger charge is -2.17. The molecule has 0 saturated carbocycles. The quantitative estimate of drug-likeness (QED) is 0.817. The standard InChI is InChI=1S/C12H14F3NOS/c1-11(2,3)10(17)16-8-4-6-9(7-5-8)18-12(13,14)15/h4-7H,1-3H3,(H,16,17). The first-order valence-corrected chi connectivity index (χ1v) is 6.07. The first-order chi connectivity index (χ1) is 8.08. The molecular formula is C12H14F3NOS. The Balaban J connectivity index is 2.70. The third kappa shape index (κ3) is 5.00. The number of carbonyl (C=O) groups is 1. The number of halogens is 3. The molecule has 18 heavy (non-hydrogen) atoms. The molecule has 1 rings (SSSR count). The van der Waals surface area contributed by atoms with E-state index < -0.39 is 10.9 Å². The predicted octanol–water partition coefficient (Wildman–Crippen LogP) is 4.28. The van der Waals surface area contributed by atoms with Crippen LogP contribution in [-0.2, 0) is 4.79 Å². The highest BCUT2D eigenvalue weighted by atomic mass is 32.2. The Morgan fingerprint density at radius 2 is 1.61 bits per heavy atom. The molecule has 0 atom stereocenters. The van der Waals surface area contributed by atoms with Gasteiger partial charge in [0.25, 0.3) is 0 Å². The van der Waals surface area contributed by atoms with Crippen LogP contribution in [0.4, 0.5) is 18.9 Å². The van der Waals surface area contributed by atoms with Gasteiger partial charge < -0.3 is 5.32 Å². The minimum absolute atomic E-state index is 0.0938. The molecule has 0 unspecified atom stereocenters. The maximum absolute atomic E-state index is 12.1. The van der Waals surface area contributed by atoms with E-state index in [0.29, 0.717) is 5.69 Å². The van der Waals surface area contributed by atoms with Gasteiger partial charge in [0.15, 0.2) is 0 Å². The monoisotopic (exact) mass is 277 g/mol. The number of hydrogen-bond acceptors (Lipinski definition) is 2. The van der Waals surface area contributed by atoms with Gasteiger partial charge in [-0.3, -0.25) is 4.79 Å². The van der Waals surface area contributed by atoms with E-state index in [0.717, 1.165) is 0 Å². The minimum Gasteiger partial charge on any atom is -0.326 e. The molecule has 1 aromatic carbocycles. The summed E-state index contributed by atoms with van der Waals surface area (Å²) >= 11 is -0.179. The van der Waals surface area contributed by atoms with Gasteiger partial charge in [0.05, 0.1) is 0 Å². The van der Waals surface area contributed by atoms with Crippen molar-refractivity contribution in [1.82, 2.24) is 0 Å². The first kappa shape index (κ1) is 14.9. The van der Waals surface area contributed by atoms with E-state index in [1.807, 2.05) is 0 Å². The van der Waals surface area contributed by atoms with Crippen molar-refractivity contribution in [1.29, 1.82) is 0 Å². The van der Waals surface area contributed by atoms with Crippen LogP contribution in [0.5, 0.6) is 0 Å². The van der Waals surface area contributed by atoms with Crippen LogP contribution < -0.4 is 5.32 Å². The zero-order chi connectivity index (χ0) is 14.0. The highest BCUT2D eigenvalue weighted by molar-refractivity contribution is 8.00. The number of nitrogens with one attached hydrogen (secondary N) is 1. The molecule has 0 aliphatic carbocycles. The third-order valence-corrected chi connectivity index (χ3v) is 2.77. The van der Waals surface area contributed by atoms with Crippen LogP contribution in [0, 0.1) is 5.41 Å². The molecule has 0 aliphatic heterocycles. The molecule has 100 valence electrons. The van der Waals surface area contributed by atoms with Gasteiger partial charge in [0, 0.05) is 16.0 Å². The molecule has 0 aliphatic rings. The molecule has 2 nitrogen and oxygen atoms in total. The Hall–Kier alpha value is -1.17. The van der Waals surface area contributed by atoms with Crippen molar-refractivity contribution in [3.8, 4) is 0 Å². The van der Waals surface area contributed by atoms with E-state index in [9.17, 15) is 18.0 Å². The van der Waals surface area contributed by atoms with Crippen molar-refractivity contribution < 1.29 is 18.0 Å². The average molecular weight is 277 g/mol. The normalized spacial score (nSPS) is 12.3. The van der Waals surface area contributed by atoms with Crippen molar-refractivity contribution >= 4 is 23.4 Å². The second-order valence-corrected chi connectivity index (χ2v) is 5.91. The molecule has 0 bridgehead atoms. The van der Waals surface area contributed by atoms with Crippen LogP contribution in [0.3, 0.4) is 0 Å². The van der Waals surface area contributed by atoms with Crippen LogP contribution >= 0.6 is 11.8 Å². The van der Waals surface area contributed by atoms with Crippen LogP contribution in [-0.4, -0.2) is 11.4 Å². The van der Waals surface area contributed by atoms with Crippen molar-refractivity contribution in [2.45, 2.75) is 31.2 Å². The molecule has 1 N–H and O–H groups in total. The largest absolute Gasteiger partial charge is 0.446 e.